The molecule has 0 aliphatic heterocycles. The van der Waals surface area contributed by atoms with Crippen LogP contribution in [-0.4, -0.2) is 10.9 Å². The van der Waals surface area contributed by atoms with Crippen LogP contribution in [0.5, 0.6) is 0 Å². The van der Waals surface area contributed by atoms with Gasteiger partial charge in [-0.1, -0.05) is 39.7 Å². The molecule has 0 aliphatic carbocycles. The minimum Gasteiger partial charge on any atom is -0.451 e. The van der Waals surface area contributed by atoms with E-state index in [1.807, 2.05) is 29.6 Å². The molecule has 7 heteroatoms. The van der Waals surface area contributed by atoms with Gasteiger partial charge in [0.2, 0.25) is 0 Å². The number of hydrogen-bond donors (Lipinski definition) is 1. The number of hydrogen-bond acceptors (Lipinski definition) is 4. The van der Waals surface area contributed by atoms with E-state index in [4.69, 9.17) is 16.0 Å². The maximum Gasteiger partial charge on any atom is 0.293 e. The number of fused-ring (bicyclic) bond motifs is 1. The Kier molecular flexibility index (Phi) is 4.33. The fraction of sp³-hybridized carbons (Fsp3) is 0. The van der Waals surface area contributed by atoms with Crippen LogP contribution < -0.4 is 5.32 Å². The Morgan fingerprint density at radius 3 is 2.76 bits per heavy atom. The number of furan rings is 1. The lowest BCUT2D eigenvalue weighted by molar-refractivity contribution is 0.0998. The molecule has 1 amide bonds. The number of anilines is 1. The predicted octanol–water partition coefficient (Wildman–Crippen LogP) is 6.22. The van der Waals surface area contributed by atoms with Gasteiger partial charge in [0, 0.05) is 25.8 Å². The molecule has 0 bridgehead atoms. The lowest BCUT2D eigenvalue weighted by Crippen LogP contribution is -2.10. The summed E-state index contributed by atoms with van der Waals surface area (Å²) in [6, 6.07) is 14.7. The van der Waals surface area contributed by atoms with Gasteiger partial charge in [-0.05, 0) is 36.4 Å². The first-order valence-corrected chi connectivity index (χ1v) is 9.35. The Labute approximate surface area is 160 Å². The normalized spacial score (nSPS) is 11.0. The van der Waals surface area contributed by atoms with Crippen LogP contribution in [0.4, 0.5) is 5.13 Å². The number of aromatic nitrogens is 1. The number of thiazole rings is 1. The van der Waals surface area contributed by atoms with Crippen molar-refractivity contribution in [3.8, 4) is 11.3 Å². The highest BCUT2D eigenvalue weighted by molar-refractivity contribution is 9.10. The highest BCUT2D eigenvalue weighted by atomic mass is 79.9. The SMILES string of the molecule is O=C(Nc1nc(-c2ccc(Br)cc2)cs1)c1cc2cc(Cl)ccc2o1. The van der Waals surface area contributed by atoms with Gasteiger partial charge in [-0.2, -0.15) is 0 Å². The molecular weight excluding hydrogens is 424 g/mol. The van der Waals surface area contributed by atoms with Crippen molar-refractivity contribution in [1.29, 1.82) is 0 Å². The molecule has 2 heterocycles. The number of halogens is 2. The van der Waals surface area contributed by atoms with Gasteiger partial charge in [0.15, 0.2) is 10.9 Å². The summed E-state index contributed by atoms with van der Waals surface area (Å²) in [6.07, 6.45) is 0. The third-order valence-electron chi connectivity index (χ3n) is 3.57. The van der Waals surface area contributed by atoms with Crippen molar-refractivity contribution in [1.82, 2.24) is 4.98 Å². The van der Waals surface area contributed by atoms with Gasteiger partial charge in [-0.3, -0.25) is 10.1 Å². The summed E-state index contributed by atoms with van der Waals surface area (Å²) in [5.41, 5.74) is 2.41. The van der Waals surface area contributed by atoms with Crippen LogP contribution in [0.3, 0.4) is 0 Å². The van der Waals surface area contributed by atoms with E-state index in [-0.39, 0.29) is 11.7 Å². The second-order valence-electron chi connectivity index (χ2n) is 5.29. The minimum absolute atomic E-state index is 0.220. The summed E-state index contributed by atoms with van der Waals surface area (Å²) in [5, 5.41) is 6.56. The summed E-state index contributed by atoms with van der Waals surface area (Å²) >= 11 is 10.7. The molecule has 2 aromatic heterocycles. The van der Waals surface area contributed by atoms with Crippen molar-refractivity contribution in [3.05, 3.63) is 69.2 Å². The van der Waals surface area contributed by atoms with Crippen molar-refractivity contribution in [2.75, 3.05) is 5.32 Å². The van der Waals surface area contributed by atoms with E-state index in [9.17, 15) is 4.79 Å². The van der Waals surface area contributed by atoms with Gasteiger partial charge in [0.1, 0.15) is 5.58 Å². The van der Waals surface area contributed by atoms with Gasteiger partial charge in [0.25, 0.3) is 5.91 Å². The van der Waals surface area contributed by atoms with E-state index in [0.29, 0.717) is 15.7 Å². The molecule has 4 rings (SSSR count). The van der Waals surface area contributed by atoms with Gasteiger partial charge in [-0.25, -0.2) is 4.98 Å². The number of carbonyl (C=O) groups excluding carboxylic acids is 1. The van der Waals surface area contributed by atoms with Crippen LogP contribution in [0, 0.1) is 0 Å². The topological polar surface area (TPSA) is 55.1 Å². The van der Waals surface area contributed by atoms with E-state index in [2.05, 4.69) is 26.2 Å². The predicted molar refractivity (Wildman–Crippen MR) is 104 cm³/mol. The molecule has 0 fully saturated rings. The lowest BCUT2D eigenvalue weighted by atomic mass is 10.2. The minimum atomic E-state index is -0.343. The second kappa shape index (κ2) is 6.63. The molecule has 0 atom stereocenters. The summed E-state index contributed by atoms with van der Waals surface area (Å²) in [6.45, 7) is 0. The van der Waals surface area contributed by atoms with Crippen LogP contribution >= 0.6 is 38.9 Å². The molecule has 0 radical (unpaired) electrons. The van der Waals surface area contributed by atoms with Gasteiger partial charge in [-0.15, -0.1) is 11.3 Å². The first-order valence-electron chi connectivity index (χ1n) is 7.30. The molecule has 0 saturated carbocycles. The zero-order valence-electron chi connectivity index (χ0n) is 12.6. The van der Waals surface area contributed by atoms with E-state index in [0.717, 1.165) is 21.1 Å². The third-order valence-corrected chi connectivity index (χ3v) is 5.09. The number of carbonyl (C=O) groups is 1. The van der Waals surface area contributed by atoms with Gasteiger partial charge >= 0.3 is 0 Å². The molecule has 4 aromatic rings. The van der Waals surface area contributed by atoms with E-state index >= 15 is 0 Å². The number of amides is 1. The van der Waals surface area contributed by atoms with Crippen LogP contribution in [0.1, 0.15) is 10.6 Å². The van der Waals surface area contributed by atoms with Crippen molar-refractivity contribution in [2.45, 2.75) is 0 Å². The molecular formula is C18H10BrClN2O2S. The highest BCUT2D eigenvalue weighted by Crippen LogP contribution is 2.27. The zero-order valence-corrected chi connectivity index (χ0v) is 15.8. The van der Waals surface area contributed by atoms with Crippen molar-refractivity contribution < 1.29 is 9.21 Å². The number of nitrogens with one attached hydrogen (secondary N) is 1. The Morgan fingerprint density at radius 1 is 1.16 bits per heavy atom. The number of nitrogens with zero attached hydrogens (tertiary/aromatic N) is 1. The maximum atomic E-state index is 12.4. The Balaban J connectivity index is 1.55. The monoisotopic (exact) mass is 432 g/mol. The molecule has 4 nitrogen and oxygen atoms in total. The third kappa shape index (κ3) is 3.46. The Hall–Kier alpha value is -2.15. The van der Waals surface area contributed by atoms with Gasteiger partial charge < -0.3 is 4.42 Å². The molecule has 2 aromatic carbocycles. The first-order chi connectivity index (χ1) is 12.1. The Morgan fingerprint density at radius 2 is 1.96 bits per heavy atom. The molecule has 0 spiro atoms. The maximum absolute atomic E-state index is 12.4. The standard InChI is InChI=1S/C18H10BrClN2O2S/c19-12-3-1-10(2-4-12)14-9-25-18(21-14)22-17(23)16-8-11-7-13(20)5-6-15(11)24-16/h1-9H,(H,21,22,23). The van der Waals surface area contributed by atoms with Crippen molar-refractivity contribution in [2.24, 2.45) is 0 Å². The van der Waals surface area contributed by atoms with Crippen LogP contribution in [0.25, 0.3) is 22.2 Å². The van der Waals surface area contributed by atoms with E-state index < -0.39 is 0 Å². The number of rotatable bonds is 3. The molecule has 1 N–H and O–H groups in total. The van der Waals surface area contributed by atoms with Crippen LogP contribution in [0.2, 0.25) is 5.02 Å². The molecule has 25 heavy (non-hydrogen) atoms. The average Bonchev–Trinajstić information content (AvgIpc) is 3.22. The summed E-state index contributed by atoms with van der Waals surface area (Å²) < 4.78 is 6.57. The quantitative estimate of drug-likeness (QED) is 0.417. The highest BCUT2D eigenvalue weighted by Gasteiger charge is 2.15. The van der Waals surface area contributed by atoms with E-state index in [1.54, 1.807) is 24.3 Å². The van der Waals surface area contributed by atoms with Crippen molar-refractivity contribution in [3.63, 3.8) is 0 Å². The second-order valence-corrected chi connectivity index (χ2v) is 7.50. The fourth-order valence-corrected chi connectivity index (χ4v) is 3.53. The molecule has 0 aliphatic rings. The summed E-state index contributed by atoms with van der Waals surface area (Å²) in [7, 11) is 0. The lowest BCUT2D eigenvalue weighted by Gasteiger charge is -1.98. The molecule has 0 unspecified atom stereocenters. The number of benzene rings is 2. The molecule has 0 saturated heterocycles. The van der Waals surface area contributed by atoms with Crippen LogP contribution in [-0.2, 0) is 0 Å². The molecule has 124 valence electrons. The van der Waals surface area contributed by atoms with E-state index in [1.165, 1.54) is 11.3 Å². The van der Waals surface area contributed by atoms with Gasteiger partial charge in [0.05, 0.1) is 5.69 Å². The van der Waals surface area contributed by atoms with Crippen LogP contribution in [0.15, 0.2) is 62.8 Å². The fourth-order valence-electron chi connectivity index (χ4n) is 2.37. The Bertz CT molecular complexity index is 1070. The first kappa shape index (κ1) is 16.3. The summed E-state index contributed by atoms with van der Waals surface area (Å²) in [4.78, 5) is 16.8. The largest absolute Gasteiger partial charge is 0.451 e. The average molecular weight is 434 g/mol. The smallest absolute Gasteiger partial charge is 0.293 e. The van der Waals surface area contributed by atoms with Crippen molar-refractivity contribution >= 4 is 60.9 Å². The summed E-state index contributed by atoms with van der Waals surface area (Å²) in [5.74, 6) is -0.123. The zero-order chi connectivity index (χ0) is 17.4.